The molecule has 0 aromatic carbocycles. The third kappa shape index (κ3) is 3.76. The average molecular weight is 497 g/mol. The second-order valence-corrected chi connectivity index (χ2v) is 24.1. The third-order valence-corrected chi connectivity index (χ3v) is 24.4. The molecule has 1 aliphatic carbocycles. The predicted molar refractivity (Wildman–Crippen MR) is 117 cm³/mol. The van der Waals surface area contributed by atoms with Crippen LogP contribution >= 0.6 is 0 Å². The standard InChI is InChI=1S/C12H15O3.3C4H9.Sn/c1-6-10-8-7(4-13-10)3-12(2)5-14-11(15-6)9(8)12;3*1-3-4-2;/h3,6,8-11H,2,4-5H2,1H3;3*1,3-4H2,2H3;/t6-,8+,9-,10-,11+,12+;;;;/m0..../s1. The van der Waals surface area contributed by atoms with Crippen LogP contribution in [0.3, 0.4) is 0 Å². The van der Waals surface area contributed by atoms with E-state index in [0.717, 1.165) is 13.2 Å². The van der Waals surface area contributed by atoms with Gasteiger partial charge in [-0.05, 0) is 0 Å². The molecule has 28 heavy (non-hydrogen) atoms. The van der Waals surface area contributed by atoms with E-state index in [9.17, 15) is 0 Å². The molecule has 0 amide bonds. The molecule has 3 nitrogen and oxygen atoms in total. The van der Waals surface area contributed by atoms with Crippen molar-refractivity contribution < 1.29 is 14.2 Å². The summed E-state index contributed by atoms with van der Waals surface area (Å²) in [7, 11) is 0. The van der Waals surface area contributed by atoms with E-state index in [0.29, 0.717) is 11.8 Å². The summed E-state index contributed by atoms with van der Waals surface area (Å²) >= 11 is -2.25. The first-order chi connectivity index (χ1) is 13.6. The molecule has 0 aromatic heterocycles. The van der Waals surface area contributed by atoms with Crippen molar-refractivity contribution in [3.05, 3.63) is 11.6 Å². The Hall–Kier alpha value is 0.419. The van der Waals surface area contributed by atoms with E-state index in [1.54, 1.807) is 18.9 Å². The second-order valence-electron chi connectivity index (χ2n) is 10.3. The Morgan fingerprint density at radius 1 is 1.00 bits per heavy atom. The molecule has 3 heterocycles. The molecule has 4 aliphatic rings. The van der Waals surface area contributed by atoms with Crippen molar-refractivity contribution in [3.8, 4) is 0 Å². The quantitative estimate of drug-likeness (QED) is 0.253. The molecule has 3 fully saturated rings. The summed E-state index contributed by atoms with van der Waals surface area (Å²) in [5.74, 6) is 1.11. The van der Waals surface area contributed by atoms with Crippen LogP contribution in [0.2, 0.25) is 17.7 Å². The Morgan fingerprint density at radius 2 is 1.64 bits per heavy atom. The van der Waals surface area contributed by atoms with E-state index in [1.807, 2.05) is 0 Å². The normalized spacial score (nSPS) is 38.7. The molecule has 4 rings (SSSR count). The van der Waals surface area contributed by atoms with Crippen molar-refractivity contribution in [3.63, 3.8) is 0 Å². The average Bonchev–Trinajstić information content (AvgIpc) is 3.33. The van der Waals surface area contributed by atoms with Crippen LogP contribution in [0.5, 0.6) is 0 Å². The van der Waals surface area contributed by atoms with Crippen LogP contribution in [-0.2, 0) is 14.2 Å². The number of unbranched alkanes of at least 4 members (excludes halogenated alkanes) is 3. The van der Waals surface area contributed by atoms with E-state index >= 15 is 0 Å². The first-order valence-electron chi connectivity index (χ1n) is 12.2. The summed E-state index contributed by atoms with van der Waals surface area (Å²) < 4.78 is 25.2. The molecular formula is C24H42O3Sn. The SMILES string of the molecule is CCC[CH2][Sn]([CH2]CCC)([CH2]CCC)[CH2][C@]12C=C3CO[C@@H]4[C@H]3[C@H]1[C@H](OC2)O[C@H]4C. The Morgan fingerprint density at radius 3 is 2.25 bits per heavy atom. The third-order valence-electron chi connectivity index (χ3n) is 8.26. The number of rotatable bonds is 11. The molecule has 0 unspecified atom stereocenters. The van der Waals surface area contributed by atoms with Gasteiger partial charge in [-0.15, -0.1) is 0 Å². The number of ether oxygens (including phenoxy) is 3. The number of hydrogen-bond acceptors (Lipinski definition) is 3. The van der Waals surface area contributed by atoms with Crippen molar-refractivity contribution in [2.75, 3.05) is 13.2 Å². The van der Waals surface area contributed by atoms with Gasteiger partial charge >= 0.3 is 177 Å². The van der Waals surface area contributed by atoms with Crippen molar-refractivity contribution in [2.45, 2.75) is 102 Å². The molecule has 0 N–H and O–H groups in total. The fourth-order valence-corrected chi connectivity index (χ4v) is 25.3. The first kappa shape index (κ1) is 21.6. The summed E-state index contributed by atoms with van der Waals surface area (Å²) in [5, 5.41) is 0. The monoisotopic (exact) mass is 498 g/mol. The van der Waals surface area contributed by atoms with Crippen molar-refractivity contribution in [2.24, 2.45) is 17.3 Å². The maximum atomic E-state index is 6.36. The van der Waals surface area contributed by atoms with Crippen molar-refractivity contribution >= 4 is 18.4 Å². The van der Waals surface area contributed by atoms with E-state index in [4.69, 9.17) is 14.2 Å². The molecule has 4 heteroatoms. The van der Waals surface area contributed by atoms with Crippen LogP contribution < -0.4 is 0 Å². The maximum absolute atomic E-state index is 6.36. The Bertz CT molecular complexity index is 554. The van der Waals surface area contributed by atoms with Gasteiger partial charge in [-0.3, -0.25) is 0 Å². The van der Waals surface area contributed by atoms with Gasteiger partial charge in [0.05, 0.1) is 0 Å². The Balaban J connectivity index is 1.63. The fraction of sp³-hybridized carbons (Fsp3) is 0.917. The van der Waals surface area contributed by atoms with Crippen LogP contribution in [0.15, 0.2) is 11.6 Å². The van der Waals surface area contributed by atoms with Crippen LogP contribution in [0.25, 0.3) is 0 Å². The van der Waals surface area contributed by atoms with E-state index in [2.05, 4.69) is 33.8 Å². The van der Waals surface area contributed by atoms with Crippen LogP contribution in [0.4, 0.5) is 0 Å². The van der Waals surface area contributed by atoms with Gasteiger partial charge in [0, 0.05) is 0 Å². The molecule has 0 aromatic rings. The molecule has 3 aliphatic heterocycles. The minimum absolute atomic E-state index is 0.0132. The first-order valence-corrected chi connectivity index (χ1v) is 20.3. The zero-order valence-electron chi connectivity index (χ0n) is 18.7. The summed E-state index contributed by atoms with van der Waals surface area (Å²) in [6.45, 7) is 11.1. The van der Waals surface area contributed by atoms with Crippen LogP contribution in [0, 0.1) is 17.3 Å². The molecule has 6 atom stereocenters. The molecule has 160 valence electrons. The van der Waals surface area contributed by atoms with Gasteiger partial charge < -0.3 is 0 Å². The second kappa shape index (κ2) is 8.88. The molecule has 0 bridgehead atoms. The summed E-state index contributed by atoms with van der Waals surface area (Å²) in [6.07, 6.45) is 11.5. The van der Waals surface area contributed by atoms with Crippen molar-refractivity contribution in [1.29, 1.82) is 0 Å². The van der Waals surface area contributed by atoms with E-state index in [-0.39, 0.29) is 23.9 Å². The fourth-order valence-electron chi connectivity index (χ4n) is 6.97. The van der Waals surface area contributed by atoms with Gasteiger partial charge in [-0.2, -0.15) is 0 Å². The molecular weight excluding hydrogens is 455 g/mol. The zero-order chi connectivity index (χ0) is 19.8. The van der Waals surface area contributed by atoms with Crippen LogP contribution in [-0.4, -0.2) is 50.1 Å². The topological polar surface area (TPSA) is 27.7 Å². The van der Waals surface area contributed by atoms with E-state index in [1.165, 1.54) is 43.0 Å². The van der Waals surface area contributed by atoms with Gasteiger partial charge in [0.2, 0.25) is 0 Å². The summed E-state index contributed by atoms with van der Waals surface area (Å²) in [4.78, 5) is 0. The molecule has 0 spiro atoms. The van der Waals surface area contributed by atoms with E-state index < -0.39 is 18.4 Å². The summed E-state index contributed by atoms with van der Waals surface area (Å²) in [6, 6.07) is 0. The predicted octanol–water partition coefficient (Wildman–Crippen LogP) is 6.17. The molecule has 0 radical (unpaired) electrons. The zero-order valence-corrected chi connectivity index (χ0v) is 21.5. The van der Waals surface area contributed by atoms with Gasteiger partial charge in [-0.1, -0.05) is 0 Å². The van der Waals surface area contributed by atoms with Gasteiger partial charge in [0.25, 0.3) is 0 Å². The Kier molecular flexibility index (Phi) is 6.87. The van der Waals surface area contributed by atoms with Gasteiger partial charge in [0.1, 0.15) is 0 Å². The Labute approximate surface area is 176 Å². The van der Waals surface area contributed by atoms with Gasteiger partial charge in [0.15, 0.2) is 0 Å². The van der Waals surface area contributed by atoms with Crippen LogP contribution in [0.1, 0.15) is 66.2 Å². The summed E-state index contributed by atoms with van der Waals surface area (Å²) in [5.41, 5.74) is 1.87. The molecule has 0 saturated carbocycles. The molecule has 3 saturated heterocycles. The number of hydrogen-bond donors (Lipinski definition) is 0. The minimum atomic E-state index is -2.25. The van der Waals surface area contributed by atoms with Crippen molar-refractivity contribution in [1.82, 2.24) is 0 Å². The van der Waals surface area contributed by atoms with Gasteiger partial charge in [-0.25, -0.2) is 0 Å².